The molecule has 3 nitrogen and oxygen atoms in total. The molecule has 0 aliphatic carbocycles. The van der Waals surface area contributed by atoms with Crippen molar-refractivity contribution >= 4 is 40.4 Å². The summed E-state index contributed by atoms with van der Waals surface area (Å²) in [5, 5.41) is 3.48. The Morgan fingerprint density at radius 2 is 1.41 bits per heavy atom. The lowest BCUT2D eigenvalue weighted by atomic mass is 9.96. The summed E-state index contributed by atoms with van der Waals surface area (Å²) in [5.41, 5.74) is 2.38. The number of amides is 1. The van der Waals surface area contributed by atoms with E-state index in [1.54, 1.807) is 11.3 Å². The topological polar surface area (TPSA) is 23.6 Å². The molecule has 0 radical (unpaired) electrons. The van der Waals surface area contributed by atoms with Crippen molar-refractivity contribution in [3.8, 4) is 0 Å². The summed E-state index contributed by atoms with van der Waals surface area (Å²) in [7, 11) is 0. The summed E-state index contributed by atoms with van der Waals surface area (Å²) in [4.78, 5) is 18.2. The van der Waals surface area contributed by atoms with Gasteiger partial charge in [-0.15, -0.1) is 11.3 Å². The lowest BCUT2D eigenvalue weighted by molar-refractivity contribution is -0.132. The number of benzene rings is 2. The first-order chi connectivity index (χ1) is 14.1. The molecule has 1 saturated heterocycles. The largest absolute Gasteiger partial charge is 0.340 e. The van der Waals surface area contributed by atoms with Crippen LogP contribution in [0.3, 0.4) is 0 Å². The molecule has 0 saturated carbocycles. The third-order valence-corrected chi connectivity index (χ3v) is 6.69. The predicted octanol–water partition coefficient (Wildman–Crippen LogP) is 5.53. The minimum Gasteiger partial charge on any atom is -0.340 e. The second-order valence-corrected chi connectivity index (χ2v) is 9.08. The molecule has 0 N–H and O–H groups in total. The monoisotopic (exact) mass is 444 g/mol. The summed E-state index contributed by atoms with van der Waals surface area (Å²) in [6.07, 6.45) is 0.495. The molecule has 150 valence electrons. The van der Waals surface area contributed by atoms with E-state index in [0.717, 1.165) is 41.1 Å². The van der Waals surface area contributed by atoms with E-state index in [9.17, 15) is 4.79 Å². The van der Waals surface area contributed by atoms with E-state index in [1.165, 1.54) is 11.1 Å². The van der Waals surface area contributed by atoms with Crippen LogP contribution in [0.25, 0.3) is 0 Å². The highest BCUT2D eigenvalue weighted by Crippen LogP contribution is 2.31. The van der Waals surface area contributed by atoms with Gasteiger partial charge in [-0.3, -0.25) is 9.69 Å². The molecule has 1 aliphatic heterocycles. The zero-order valence-corrected chi connectivity index (χ0v) is 18.3. The molecule has 1 aliphatic rings. The maximum absolute atomic E-state index is 12.6. The van der Waals surface area contributed by atoms with E-state index in [2.05, 4.69) is 29.2 Å². The Morgan fingerprint density at radius 1 is 0.862 bits per heavy atom. The Bertz CT molecular complexity index is 889. The molecule has 4 rings (SSSR count). The van der Waals surface area contributed by atoms with Gasteiger partial charge in [-0.05, 0) is 46.8 Å². The van der Waals surface area contributed by atoms with Gasteiger partial charge in [0.25, 0.3) is 0 Å². The van der Waals surface area contributed by atoms with Gasteiger partial charge in [0.2, 0.25) is 5.91 Å². The number of hydrogen-bond donors (Lipinski definition) is 0. The molecule has 0 spiro atoms. The number of nitrogens with zero attached hydrogens (tertiary/aromatic N) is 2. The molecule has 1 aromatic heterocycles. The van der Waals surface area contributed by atoms with Crippen LogP contribution in [0.2, 0.25) is 10.0 Å². The van der Waals surface area contributed by atoms with E-state index < -0.39 is 0 Å². The summed E-state index contributed by atoms with van der Waals surface area (Å²) < 4.78 is 0. The molecule has 1 fully saturated rings. The predicted molar refractivity (Wildman–Crippen MR) is 121 cm³/mol. The zero-order chi connectivity index (χ0) is 20.2. The lowest BCUT2D eigenvalue weighted by Crippen LogP contribution is -2.50. The zero-order valence-electron chi connectivity index (χ0n) is 15.9. The van der Waals surface area contributed by atoms with E-state index in [4.69, 9.17) is 23.2 Å². The van der Waals surface area contributed by atoms with Crippen molar-refractivity contribution in [3.05, 3.63) is 92.1 Å². The van der Waals surface area contributed by atoms with Crippen molar-refractivity contribution in [3.63, 3.8) is 0 Å². The number of thiophene rings is 1. The molecule has 0 unspecified atom stereocenters. The van der Waals surface area contributed by atoms with E-state index in [0.29, 0.717) is 6.42 Å². The smallest absolute Gasteiger partial charge is 0.227 e. The minimum atomic E-state index is 0.110. The number of carbonyl (C=O) groups excluding carboxylic acids is 1. The maximum atomic E-state index is 12.6. The third-order valence-electron chi connectivity index (χ3n) is 5.31. The van der Waals surface area contributed by atoms with Gasteiger partial charge in [0, 0.05) is 41.1 Å². The van der Waals surface area contributed by atoms with Gasteiger partial charge in [0.1, 0.15) is 0 Å². The first kappa shape index (κ1) is 20.4. The van der Waals surface area contributed by atoms with Gasteiger partial charge >= 0.3 is 0 Å². The Balaban J connectivity index is 1.49. The highest BCUT2D eigenvalue weighted by molar-refractivity contribution is 7.10. The number of halogens is 2. The average molecular weight is 445 g/mol. The molecular weight excluding hydrogens is 423 g/mol. The van der Waals surface area contributed by atoms with Crippen molar-refractivity contribution in [1.82, 2.24) is 9.80 Å². The molecule has 3 aromatic rings. The molecule has 0 atom stereocenters. The van der Waals surface area contributed by atoms with Gasteiger partial charge in [0.15, 0.2) is 0 Å². The Kier molecular flexibility index (Phi) is 6.56. The van der Waals surface area contributed by atoms with E-state index in [-0.39, 0.29) is 11.9 Å². The molecule has 1 amide bonds. The van der Waals surface area contributed by atoms with Crippen molar-refractivity contribution in [2.45, 2.75) is 12.5 Å². The Morgan fingerprint density at radius 3 is 1.90 bits per heavy atom. The third kappa shape index (κ3) is 5.01. The first-order valence-corrected chi connectivity index (χ1v) is 11.3. The van der Waals surface area contributed by atoms with Gasteiger partial charge in [-0.2, -0.15) is 0 Å². The highest BCUT2D eigenvalue weighted by atomic mass is 35.5. The van der Waals surface area contributed by atoms with Crippen LogP contribution >= 0.6 is 34.5 Å². The summed E-state index contributed by atoms with van der Waals surface area (Å²) in [5.74, 6) is 0.210. The van der Waals surface area contributed by atoms with Crippen LogP contribution in [-0.2, 0) is 11.2 Å². The molecule has 0 bridgehead atoms. The minimum absolute atomic E-state index is 0.110. The summed E-state index contributed by atoms with van der Waals surface area (Å²) >= 11 is 13.9. The van der Waals surface area contributed by atoms with Crippen molar-refractivity contribution in [2.24, 2.45) is 0 Å². The Hall–Kier alpha value is -1.85. The second kappa shape index (κ2) is 9.31. The second-order valence-electron chi connectivity index (χ2n) is 7.18. The quantitative estimate of drug-likeness (QED) is 0.516. The summed E-state index contributed by atoms with van der Waals surface area (Å²) in [6, 6.07) is 20.2. The van der Waals surface area contributed by atoms with Crippen molar-refractivity contribution in [1.29, 1.82) is 0 Å². The lowest BCUT2D eigenvalue weighted by Gasteiger charge is -2.40. The van der Waals surface area contributed by atoms with Crippen LogP contribution in [0.15, 0.2) is 66.0 Å². The van der Waals surface area contributed by atoms with Crippen molar-refractivity contribution in [2.75, 3.05) is 26.2 Å². The fraction of sp³-hybridized carbons (Fsp3) is 0.261. The van der Waals surface area contributed by atoms with Crippen LogP contribution in [0.1, 0.15) is 22.0 Å². The van der Waals surface area contributed by atoms with E-state index >= 15 is 0 Å². The van der Waals surface area contributed by atoms with Crippen LogP contribution in [-0.4, -0.2) is 41.9 Å². The highest BCUT2D eigenvalue weighted by Gasteiger charge is 2.28. The fourth-order valence-corrected chi connectivity index (χ4v) is 4.76. The van der Waals surface area contributed by atoms with Crippen LogP contribution in [0.4, 0.5) is 0 Å². The van der Waals surface area contributed by atoms with Crippen molar-refractivity contribution < 1.29 is 4.79 Å². The summed E-state index contributed by atoms with van der Waals surface area (Å²) in [6.45, 7) is 3.13. The Labute approximate surface area is 185 Å². The number of hydrogen-bond acceptors (Lipinski definition) is 3. The molecule has 2 heterocycles. The van der Waals surface area contributed by atoms with Crippen LogP contribution in [0.5, 0.6) is 0 Å². The normalized spacial score (nSPS) is 15.1. The van der Waals surface area contributed by atoms with Crippen LogP contribution in [0, 0.1) is 0 Å². The molecule has 6 heteroatoms. The molecule has 29 heavy (non-hydrogen) atoms. The fourth-order valence-electron chi connectivity index (χ4n) is 3.81. The van der Waals surface area contributed by atoms with Gasteiger partial charge in [-0.25, -0.2) is 0 Å². The molecule has 2 aromatic carbocycles. The van der Waals surface area contributed by atoms with Crippen LogP contribution < -0.4 is 0 Å². The van der Waals surface area contributed by atoms with Gasteiger partial charge in [-0.1, -0.05) is 53.5 Å². The van der Waals surface area contributed by atoms with E-state index in [1.807, 2.05) is 46.7 Å². The number of carbonyl (C=O) groups is 1. The SMILES string of the molecule is O=C(Cc1cccs1)N1CCN(C(c2ccc(Cl)cc2)c2ccc(Cl)cc2)CC1. The average Bonchev–Trinajstić information content (AvgIpc) is 3.24. The first-order valence-electron chi connectivity index (χ1n) is 9.65. The number of piperazine rings is 1. The maximum Gasteiger partial charge on any atom is 0.227 e. The number of rotatable bonds is 5. The van der Waals surface area contributed by atoms with Gasteiger partial charge in [0.05, 0.1) is 12.5 Å². The standard InChI is InChI=1S/C23H22Cl2N2OS/c24-19-7-3-17(4-8-19)23(18-5-9-20(25)10-6-18)27-13-11-26(12-14-27)22(28)16-21-2-1-15-29-21/h1-10,15,23H,11-14,16H2. The molecular formula is C23H22Cl2N2OS. The van der Waals surface area contributed by atoms with Gasteiger partial charge < -0.3 is 4.90 Å².